The number of carbonyl (C=O) groups is 1. The van der Waals surface area contributed by atoms with Crippen LogP contribution in [0.3, 0.4) is 0 Å². The van der Waals surface area contributed by atoms with E-state index < -0.39 is 0 Å². The van der Waals surface area contributed by atoms with Crippen LogP contribution in [0.1, 0.15) is 23.4 Å². The molecule has 0 N–H and O–H groups in total. The van der Waals surface area contributed by atoms with Gasteiger partial charge in [0.15, 0.2) is 0 Å². The van der Waals surface area contributed by atoms with Gasteiger partial charge in [0.25, 0.3) is 5.91 Å². The molecule has 6 nitrogen and oxygen atoms in total. The Hall–Kier alpha value is -1.43. The van der Waals surface area contributed by atoms with Crippen LogP contribution in [-0.2, 0) is 17.7 Å². The van der Waals surface area contributed by atoms with Crippen LogP contribution in [0.15, 0.2) is 0 Å². The van der Waals surface area contributed by atoms with Crippen LogP contribution >= 0.6 is 0 Å². The number of hydrogen-bond donors (Lipinski definition) is 0. The number of nitrogens with zero attached hydrogens (tertiary/aromatic N) is 4. The molecular formula is C10H16N4O2. The van der Waals surface area contributed by atoms with Crippen molar-refractivity contribution in [2.45, 2.75) is 19.9 Å². The van der Waals surface area contributed by atoms with Crippen molar-refractivity contribution >= 4 is 5.91 Å². The molecule has 1 aromatic heterocycles. The number of hydrogen-bond acceptors (Lipinski definition) is 4. The number of likely N-dealkylation sites (N-methyl/N-ethyl adjacent to an activating group) is 1. The predicted molar refractivity (Wildman–Crippen MR) is 57.2 cm³/mol. The third-order valence-corrected chi connectivity index (χ3v) is 2.81. The van der Waals surface area contributed by atoms with Gasteiger partial charge in [0.1, 0.15) is 5.82 Å². The lowest BCUT2D eigenvalue weighted by Gasteiger charge is -2.26. The number of amides is 1. The second kappa shape index (κ2) is 4.61. The standard InChI is InChI=1S/C10H16N4O2/c1-3-13-5-6-14-8(4-7-16-2)11-12-9(14)10(13)15/h3-7H2,1-2H3. The van der Waals surface area contributed by atoms with Gasteiger partial charge in [-0.15, -0.1) is 10.2 Å². The van der Waals surface area contributed by atoms with Gasteiger partial charge in [0.05, 0.1) is 6.61 Å². The van der Waals surface area contributed by atoms with E-state index in [-0.39, 0.29) is 5.91 Å². The Balaban J connectivity index is 2.21. The summed E-state index contributed by atoms with van der Waals surface area (Å²) in [4.78, 5) is 13.7. The smallest absolute Gasteiger partial charge is 0.291 e. The van der Waals surface area contributed by atoms with E-state index in [2.05, 4.69) is 10.2 Å². The highest BCUT2D eigenvalue weighted by molar-refractivity contribution is 5.91. The van der Waals surface area contributed by atoms with Gasteiger partial charge < -0.3 is 14.2 Å². The summed E-state index contributed by atoms with van der Waals surface area (Å²) in [6.45, 7) is 4.81. The second-order valence-corrected chi connectivity index (χ2v) is 3.72. The number of ether oxygens (including phenoxy) is 1. The largest absolute Gasteiger partial charge is 0.384 e. The van der Waals surface area contributed by atoms with Crippen molar-refractivity contribution in [3.63, 3.8) is 0 Å². The molecule has 1 aliphatic heterocycles. The summed E-state index contributed by atoms with van der Waals surface area (Å²) >= 11 is 0. The Morgan fingerprint density at radius 1 is 1.38 bits per heavy atom. The van der Waals surface area contributed by atoms with Crippen molar-refractivity contribution in [2.24, 2.45) is 0 Å². The van der Waals surface area contributed by atoms with E-state index in [1.807, 2.05) is 11.5 Å². The Morgan fingerprint density at radius 3 is 2.88 bits per heavy atom. The van der Waals surface area contributed by atoms with E-state index in [1.54, 1.807) is 12.0 Å². The van der Waals surface area contributed by atoms with Crippen molar-refractivity contribution in [1.82, 2.24) is 19.7 Å². The minimum atomic E-state index is -0.0232. The monoisotopic (exact) mass is 224 g/mol. The molecule has 0 aromatic carbocycles. The molecule has 0 spiro atoms. The van der Waals surface area contributed by atoms with Gasteiger partial charge in [-0.2, -0.15) is 0 Å². The molecule has 0 atom stereocenters. The van der Waals surface area contributed by atoms with E-state index in [9.17, 15) is 4.79 Å². The molecule has 6 heteroatoms. The molecule has 0 aliphatic carbocycles. The summed E-state index contributed by atoms with van der Waals surface area (Å²) in [5, 5.41) is 7.99. The summed E-state index contributed by atoms with van der Waals surface area (Å²) in [6.07, 6.45) is 0.697. The number of fused-ring (bicyclic) bond motifs is 1. The van der Waals surface area contributed by atoms with Crippen molar-refractivity contribution in [3.05, 3.63) is 11.6 Å². The summed E-state index contributed by atoms with van der Waals surface area (Å²) < 4.78 is 6.90. The minimum Gasteiger partial charge on any atom is -0.384 e. The average Bonchev–Trinajstić information content (AvgIpc) is 2.71. The van der Waals surface area contributed by atoms with Crippen molar-refractivity contribution in [2.75, 3.05) is 26.8 Å². The van der Waals surface area contributed by atoms with Gasteiger partial charge in [-0.05, 0) is 6.92 Å². The molecule has 0 saturated heterocycles. The maximum Gasteiger partial charge on any atom is 0.291 e. The highest BCUT2D eigenvalue weighted by Crippen LogP contribution is 2.12. The summed E-state index contributed by atoms with van der Waals surface area (Å²) in [6, 6.07) is 0. The number of aromatic nitrogens is 3. The fraction of sp³-hybridized carbons (Fsp3) is 0.700. The van der Waals surface area contributed by atoms with Crippen molar-refractivity contribution < 1.29 is 9.53 Å². The van der Waals surface area contributed by atoms with E-state index in [0.717, 1.165) is 25.5 Å². The lowest BCUT2D eigenvalue weighted by Crippen LogP contribution is -2.40. The maximum atomic E-state index is 11.9. The summed E-state index contributed by atoms with van der Waals surface area (Å²) in [5.41, 5.74) is 0. The summed E-state index contributed by atoms with van der Waals surface area (Å²) in [5.74, 6) is 1.27. The number of rotatable bonds is 4. The Labute approximate surface area is 94.2 Å². The third kappa shape index (κ3) is 1.80. The quantitative estimate of drug-likeness (QED) is 0.719. The maximum absolute atomic E-state index is 11.9. The first-order valence-corrected chi connectivity index (χ1v) is 5.48. The van der Waals surface area contributed by atoms with E-state index in [0.29, 0.717) is 18.9 Å². The predicted octanol–water partition coefficient (Wildman–Crippen LogP) is -0.0573. The molecule has 0 fully saturated rings. The van der Waals surface area contributed by atoms with E-state index in [1.165, 1.54) is 0 Å². The van der Waals surface area contributed by atoms with Gasteiger partial charge in [-0.1, -0.05) is 0 Å². The van der Waals surface area contributed by atoms with Crippen LogP contribution in [0.25, 0.3) is 0 Å². The van der Waals surface area contributed by atoms with Gasteiger partial charge in [-0.3, -0.25) is 4.79 Å². The molecule has 1 aliphatic rings. The molecule has 0 saturated carbocycles. The van der Waals surface area contributed by atoms with Gasteiger partial charge in [-0.25, -0.2) is 0 Å². The topological polar surface area (TPSA) is 60.2 Å². The fourth-order valence-electron chi connectivity index (χ4n) is 1.87. The molecule has 1 aromatic rings. The van der Waals surface area contributed by atoms with E-state index in [4.69, 9.17) is 4.74 Å². The molecule has 0 bridgehead atoms. The third-order valence-electron chi connectivity index (χ3n) is 2.81. The molecule has 2 rings (SSSR count). The van der Waals surface area contributed by atoms with Crippen LogP contribution in [0.2, 0.25) is 0 Å². The zero-order valence-electron chi connectivity index (χ0n) is 9.64. The average molecular weight is 224 g/mol. The van der Waals surface area contributed by atoms with Crippen molar-refractivity contribution in [3.8, 4) is 0 Å². The first-order chi connectivity index (χ1) is 7.77. The molecule has 0 unspecified atom stereocenters. The SMILES string of the molecule is CCN1CCn2c(CCOC)nnc2C1=O. The molecule has 2 heterocycles. The highest BCUT2D eigenvalue weighted by atomic mass is 16.5. The number of methoxy groups -OCH3 is 1. The highest BCUT2D eigenvalue weighted by Gasteiger charge is 2.27. The molecule has 1 amide bonds. The molecule has 16 heavy (non-hydrogen) atoms. The zero-order chi connectivity index (χ0) is 11.5. The van der Waals surface area contributed by atoms with Crippen LogP contribution in [0.5, 0.6) is 0 Å². The lowest BCUT2D eigenvalue weighted by molar-refractivity contribution is 0.0704. The normalized spacial score (nSPS) is 15.4. The lowest BCUT2D eigenvalue weighted by atomic mass is 10.3. The first kappa shape index (κ1) is 11.1. The van der Waals surface area contributed by atoms with Gasteiger partial charge >= 0.3 is 0 Å². The first-order valence-electron chi connectivity index (χ1n) is 5.48. The van der Waals surface area contributed by atoms with Crippen LogP contribution in [0, 0.1) is 0 Å². The zero-order valence-corrected chi connectivity index (χ0v) is 9.64. The molecule has 88 valence electrons. The Kier molecular flexibility index (Phi) is 3.19. The van der Waals surface area contributed by atoms with E-state index >= 15 is 0 Å². The van der Waals surface area contributed by atoms with Gasteiger partial charge in [0.2, 0.25) is 5.82 Å². The Morgan fingerprint density at radius 2 is 2.19 bits per heavy atom. The fourth-order valence-corrected chi connectivity index (χ4v) is 1.87. The summed E-state index contributed by atoms with van der Waals surface area (Å²) in [7, 11) is 1.65. The molecular weight excluding hydrogens is 208 g/mol. The minimum absolute atomic E-state index is 0.0232. The van der Waals surface area contributed by atoms with Crippen molar-refractivity contribution in [1.29, 1.82) is 0 Å². The second-order valence-electron chi connectivity index (χ2n) is 3.72. The Bertz CT molecular complexity index is 388. The number of carbonyl (C=O) groups excluding carboxylic acids is 1. The van der Waals surface area contributed by atoms with Crippen LogP contribution < -0.4 is 0 Å². The van der Waals surface area contributed by atoms with Crippen LogP contribution in [-0.4, -0.2) is 52.4 Å². The van der Waals surface area contributed by atoms with Gasteiger partial charge in [0, 0.05) is 33.2 Å². The molecule has 0 radical (unpaired) electrons. The van der Waals surface area contributed by atoms with Crippen LogP contribution in [0.4, 0.5) is 0 Å².